The van der Waals surface area contributed by atoms with E-state index in [2.05, 4.69) is 22.2 Å². The number of ether oxygens (including phenoxy) is 1. The summed E-state index contributed by atoms with van der Waals surface area (Å²) < 4.78 is 11.9. The van der Waals surface area contributed by atoms with Gasteiger partial charge in [-0.25, -0.2) is 9.97 Å². The SMILES string of the molecule is CCC(=O)CCCCCC(NC(=O)C1CCCCC(CC)C1)c1ncc(-c2cc3ccccc3nc2OC)o1. The van der Waals surface area contributed by atoms with Gasteiger partial charge in [-0.1, -0.05) is 70.6 Å². The van der Waals surface area contributed by atoms with Crippen molar-refractivity contribution in [1.82, 2.24) is 15.3 Å². The van der Waals surface area contributed by atoms with Gasteiger partial charge in [-0.15, -0.1) is 0 Å². The molecule has 0 bridgehead atoms. The van der Waals surface area contributed by atoms with Gasteiger partial charge in [0.25, 0.3) is 0 Å². The van der Waals surface area contributed by atoms with Crippen molar-refractivity contribution in [2.45, 2.75) is 96.9 Å². The zero-order chi connectivity index (χ0) is 27.6. The van der Waals surface area contributed by atoms with E-state index in [1.807, 2.05) is 37.3 Å². The maximum Gasteiger partial charge on any atom is 0.224 e. The quantitative estimate of drug-likeness (QED) is 0.180. The number of hydrogen-bond acceptors (Lipinski definition) is 6. The Labute approximate surface area is 232 Å². The van der Waals surface area contributed by atoms with E-state index in [9.17, 15) is 9.59 Å². The van der Waals surface area contributed by atoms with Gasteiger partial charge in [-0.2, -0.15) is 0 Å². The molecule has 3 aromatic rings. The summed E-state index contributed by atoms with van der Waals surface area (Å²) in [5.41, 5.74) is 1.57. The Bertz CT molecular complexity index is 1240. The van der Waals surface area contributed by atoms with Gasteiger partial charge in [0.15, 0.2) is 5.76 Å². The molecule has 2 aromatic heterocycles. The zero-order valence-corrected chi connectivity index (χ0v) is 23.7. The molecule has 1 aromatic carbocycles. The van der Waals surface area contributed by atoms with Gasteiger partial charge < -0.3 is 14.5 Å². The first-order chi connectivity index (χ1) is 19.0. The number of carbonyl (C=O) groups excluding carboxylic acids is 2. The van der Waals surface area contributed by atoms with Gasteiger partial charge in [0.05, 0.1) is 24.4 Å². The number of nitrogens with one attached hydrogen (secondary N) is 1. The Morgan fingerprint density at radius 3 is 2.74 bits per heavy atom. The van der Waals surface area contributed by atoms with Crippen molar-refractivity contribution in [1.29, 1.82) is 0 Å². The number of ketones is 1. The Kier molecular flexibility index (Phi) is 10.5. The number of pyridine rings is 1. The monoisotopic (exact) mass is 533 g/mol. The molecule has 39 heavy (non-hydrogen) atoms. The molecule has 7 nitrogen and oxygen atoms in total. The summed E-state index contributed by atoms with van der Waals surface area (Å²) >= 11 is 0. The number of fused-ring (bicyclic) bond motifs is 1. The van der Waals surface area contributed by atoms with Crippen LogP contribution in [0.15, 0.2) is 40.9 Å². The predicted molar refractivity (Wildman–Crippen MR) is 153 cm³/mol. The van der Waals surface area contributed by atoms with E-state index in [4.69, 9.17) is 9.15 Å². The van der Waals surface area contributed by atoms with Crippen LogP contribution in [0.1, 0.15) is 103 Å². The van der Waals surface area contributed by atoms with Crippen molar-refractivity contribution < 1.29 is 18.7 Å². The van der Waals surface area contributed by atoms with Crippen LogP contribution in [0.5, 0.6) is 5.88 Å². The van der Waals surface area contributed by atoms with Crippen molar-refractivity contribution in [3.05, 3.63) is 42.4 Å². The fraction of sp³-hybridized carbons (Fsp3) is 0.562. The molecule has 1 N–H and O–H groups in total. The average Bonchev–Trinajstić information content (AvgIpc) is 3.33. The average molecular weight is 534 g/mol. The van der Waals surface area contributed by atoms with Crippen molar-refractivity contribution in [2.24, 2.45) is 11.8 Å². The summed E-state index contributed by atoms with van der Waals surface area (Å²) in [7, 11) is 1.60. The summed E-state index contributed by atoms with van der Waals surface area (Å²) in [6, 6.07) is 9.55. The third kappa shape index (κ3) is 7.68. The minimum atomic E-state index is -0.323. The van der Waals surface area contributed by atoms with E-state index in [0.29, 0.717) is 48.5 Å². The van der Waals surface area contributed by atoms with Crippen LogP contribution in [-0.4, -0.2) is 28.8 Å². The summed E-state index contributed by atoms with van der Waals surface area (Å²) in [5.74, 6) is 2.58. The van der Waals surface area contributed by atoms with E-state index in [1.165, 1.54) is 12.8 Å². The molecule has 4 rings (SSSR count). The van der Waals surface area contributed by atoms with E-state index < -0.39 is 0 Å². The van der Waals surface area contributed by atoms with Crippen LogP contribution in [0.4, 0.5) is 0 Å². The van der Waals surface area contributed by atoms with Gasteiger partial charge in [-0.3, -0.25) is 9.59 Å². The first kappa shape index (κ1) is 28.8. The number of carbonyl (C=O) groups is 2. The number of oxazole rings is 1. The summed E-state index contributed by atoms with van der Waals surface area (Å²) in [4.78, 5) is 34.4. The van der Waals surface area contributed by atoms with Gasteiger partial charge in [0.2, 0.25) is 17.7 Å². The normalized spacial score (nSPS) is 18.4. The number of nitrogens with zero attached hydrogens (tertiary/aromatic N) is 2. The molecule has 7 heteroatoms. The van der Waals surface area contributed by atoms with E-state index in [-0.39, 0.29) is 17.9 Å². The molecule has 210 valence electrons. The summed E-state index contributed by atoms with van der Waals surface area (Å²) in [6.07, 6.45) is 12.8. The van der Waals surface area contributed by atoms with Crippen LogP contribution >= 0.6 is 0 Å². The Hall–Kier alpha value is -3.22. The standard InChI is InChI=1S/C32H43N3O4/c1-4-22-13-9-10-15-24(19-22)30(37)34-28(18-8-6-7-16-25(36)5-2)32-33-21-29(39-32)26-20-23-14-11-12-17-27(23)35-31(26)38-3/h11-12,14,17,20-22,24,28H,4-10,13,15-16,18-19H2,1-3H3,(H,34,37). The molecule has 1 aliphatic carbocycles. The maximum atomic E-state index is 13.5. The lowest BCUT2D eigenvalue weighted by Gasteiger charge is -2.22. The van der Waals surface area contributed by atoms with Crippen molar-refractivity contribution in [3.8, 4) is 17.2 Å². The number of aromatic nitrogens is 2. The maximum absolute atomic E-state index is 13.5. The van der Waals surface area contributed by atoms with E-state index in [0.717, 1.165) is 61.4 Å². The van der Waals surface area contributed by atoms with Crippen LogP contribution in [0.2, 0.25) is 0 Å². The number of para-hydroxylation sites is 1. The molecule has 1 fully saturated rings. The van der Waals surface area contributed by atoms with Gasteiger partial charge in [0, 0.05) is 24.1 Å². The van der Waals surface area contributed by atoms with E-state index >= 15 is 0 Å². The molecule has 1 aliphatic rings. The highest BCUT2D eigenvalue weighted by atomic mass is 16.5. The lowest BCUT2D eigenvalue weighted by Crippen LogP contribution is -2.34. The van der Waals surface area contributed by atoms with Gasteiger partial charge in [0.1, 0.15) is 11.8 Å². The fourth-order valence-corrected chi connectivity index (χ4v) is 5.65. The highest BCUT2D eigenvalue weighted by molar-refractivity contribution is 5.85. The van der Waals surface area contributed by atoms with E-state index in [1.54, 1.807) is 13.3 Å². The zero-order valence-electron chi connectivity index (χ0n) is 23.7. The van der Waals surface area contributed by atoms with Crippen molar-refractivity contribution in [2.75, 3.05) is 7.11 Å². The highest BCUT2D eigenvalue weighted by Gasteiger charge is 2.28. The number of Topliss-reactive ketones (excluding diaryl/α,β-unsaturated/α-hetero) is 1. The number of benzene rings is 1. The number of amides is 1. The molecular weight excluding hydrogens is 490 g/mol. The predicted octanol–water partition coefficient (Wildman–Crippen LogP) is 7.59. The second-order valence-corrected chi connectivity index (χ2v) is 10.8. The molecule has 3 unspecified atom stereocenters. The minimum Gasteiger partial charge on any atom is -0.480 e. The summed E-state index contributed by atoms with van der Waals surface area (Å²) in [5, 5.41) is 4.28. The lowest BCUT2D eigenvalue weighted by molar-refractivity contribution is -0.126. The molecular formula is C32H43N3O4. The lowest BCUT2D eigenvalue weighted by atomic mass is 9.90. The molecule has 3 atom stereocenters. The van der Waals surface area contributed by atoms with Crippen LogP contribution < -0.4 is 10.1 Å². The van der Waals surface area contributed by atoms with Crippen molar-refractivity contribution in [3.63, 3.8) is 0 Å². The largest absolute Gasteiger partial charge is 0.480 e. The Morgan fingerprint density at radius 2 is 1.95 bits per heavy atom. The highest BCUT2D eigenvalue weighted by Crippen LogP contribution is 2.35. The van der Waals surface area contributed by atoms with Crippen LogP contribution in [0, 0.1) is 11.8 Å². The van der Waals surface area contributed by atoms with Crippen LogP contribution in [0.3, 0.4) is 0 Å². The second kappa shape index (κ2) is 14.2. The first-order valence-corrected chi connectivity index (χ1v) is 14.7. The Balaban J connectivity index is 1.53. The molecule has 0 radical (unpaired) electrons. The van der Waals surface area contributed by atoms with Gasteiger partial charge in [-0.05, 0) is 43.7 Å². The number of methoxy groups -OCH3 is 1. The molecule has 1 saturated carbocycles. The molecule has 2 heterocycles. The number of unbranched alkanes of at least 4 members (excludes halogenated alkanes) is 2. The Morgan fingerprint density at radius 1 is 1.13 bits per heavy atom. The minimum absolute atomic E-state index is 0.0290. The third-order valence-corrected chi connectivity index (χ3v) is 8.11. The molecule has 1 amide bonds. The van der Waals surface area contributed by atoms with Crippen LogP contribution in [0.25, 0.3) is 22.2 Å². The molecule has 0 spiro atoms. The first-order valence-electron chi connectivity index (χ1n) is 14.7. The number of hydrogen-bond donors (Lipinski definition) is 1. The number of rotatable bonds is 13. The topological polar surface area (TPSA) is 94.3 Å². The second-order valence-electron chi connectivity index (χ2n) is 10.8. The molecule has 0 aliphatic heterocycles. The third-order valence-electron chi connectivity index (χ3n) is 8.11. The molecule has 0 saturated heterocycles. The summed E-state index contributed by atoms with van der Waals surface area (Å²) in [6.45, 7) is 4.13. The fourth-order valence-electron chi connectivity index (χ4n) is 5.65. The van der Waals surface area contributed by atoms with Crippen molar-refractivity contribution >= 4 is 22.6 Å². The van der Waals surface area contributed by atoms with Gasteiger partial charge >= 0.3 is 0 Å². The van der Waals surface area contributed by atoms with Crippen LogP contribution in [-0.2, 0) is 9.59 Å². The smallest absolute Gasteiger partial charge is 0.224 e.